The third kappa shape index (κ3) is 2.52. The van der Waals surface area contributed by atoms with E-state index >= 15 is 0 Å². The number of aromatic nitrogens is 4. The molecule has 0 saturated carbocycles. The maximum atomic E-state index is 5.48. The van der Waals surface area contributed by atoms with Crippen LogP contribution >= 0.6 is 0 Å². The van der Waals surface area contributed by atoms with Gasteiger partial charge in [0.05, 0.1) is 12.8 Å². The van der Waals surface area contributed by atoms with Gasteiger partial charge in [-0.25, -0.2) is 4.98 Å². The lowest BCUT2D eigenvalue weighted by Gasteiger charge is -2.10. The molecule has 0 spiro atoms. The van der Waals surface area contributed by atoms with Crippen molar-refractivity contribution in [1.82, 2.24) is 19.5 Å². The van der Waals surface area contributed by atoms with E-state index in [2.05, 4.69) is 53.1 Å². The third-order valence-corrected chi connectivity index (χ3v) is 4.39. The molecule has 0 bridgehead atoms. The van der Waals surface area contributed by atoms with Gasteiger partial charge in [-0.15, -0.1) is 0 Å². The van der Waals surface area contributed by atoms with Gasteiger partial charge in [-0.05, 0) is 32.9 Å². The van der Waals surface area contributed by atoms with Gasteiger partial charge in [-0.3, -0.25) is 4.98 Å². The number of nitrogens with one attached hydrogen (secondary N) is 1. The number of ether oxygens (including phenoxy) is 1. The summed E-state index contributed by atoms with van der Waals surface area (Å²) in [5.74, 6) is 0.778. The number of H-pyrrole nitrogens is 1. The van der Waals surface area contributed by atoms with Crippen LogP contribution in [0.15, 0.2) is 43.1 Å². The highest BCUT2D eigenvalue weighted by atomic mass is 16.5. The number of aryl methyl sites for hydroxylation is 1. The minimum Gasteiger partial charge on any atom is -0.496 e. The van der Waals surface area contributed by atoms with Gasteiger partial charge < -0.3 is 14.3 Å². The lowest BCUT2D eigenvalue weighted by molar-refractivity contribution is 0.309. The highest BCUT2D eigenvalue weighted by Crippen LogP contribution is 2.35. The van der Waals surface area contributed by atoms with Crippen LogP contribution in [0.2, 0.25) is 0 Å². The second-order valence-corrected chi connectivity index (χ2v) is 5.66. The zero-order valence-corrected chi connectivity index (χ0v) is 14.6. The van der Waals surface area contributed by atoms with Crippen LogP contribution in [0.3, 0.4) is 0 Å². The summed E-state index contributed by atoms with van der Waals surface area (Å²) in [6.45, 7) is 11.1. The lowest BCUT2D eigenvalue weighted by atomic mass is 10.00. The highest BCUT2D eigenvalue weighted by Gasteiger charge is 2.19. The average molecular weight is 322 g/mol. The van der Waals surface area contributed by atoms with Gasteiger partial charge >= 0.3 is 0 Å². The van der Waals surface area contributed by atoms with Gasteiger partial charge in [0.2, 0.25) is 0 Å². The second-order valence-electron chi connectivity index (χ2n) is 5.66. The summed E-state index contributed by atoms with van der Waals surface area (Å²) in [4.78, 5) is 12.1. The van der Waals surface area contributed by atoms with E-state index in [1.807, 2.05) is 6.07 Å². The first-order valence-corrected chi connectivity index (χ1v) is 7.98. The molecule has 0 atom stereocenters. The van der Waals surface area contributed by atoms with Crippen LogP contribution in [0.1, 0.15) is 25.1 Å². The van der Waals surface area contributed by atoms with E-state index in [0.29, 0.717) is 0 Å². The number of aromatic amines is 1. The topological polar surface area (TPSA) is 55.7 Å². The van der Waals surface area contributed by atoms with Crippen molar-refractivity contribution in [2.45, 2.75) is 27.3 Å². The van der Waals surface area contributed by atoms with Crippen LogP contribution in [-0.2, 0) is 11.3 Å². The Morgan fingerprint density at radius 3 is 2.75 bits per heavy atom. The van der Waals surface area contributed by atoms with Gasteiger partial charge in [0.15, 0.2) is 5.65 Å². The molecule has 0 unspecified atom stereocenters. The molecule has 3 rings (SSSR count). The van der Waals surface area contributed by atoms with E-state index in [4.69, 9.17) is 4.74 Å². The van der Waals surface area contributed by atoms with Crippen molar-refractivity contribution in [1.29, 1.82) is 0 Å². The monoisotopic (exact) mass is 322 g/mol. The molecular weight excluding hydrogens is 300 g/mol. The number of nitrogens with zero attached hydrogens (tertiary/aromatic N) is 3. The molecule has 0 radical (unpaired) electrons. The van der Waals surface area contributed by atoms with Gasteiger partial charge in [-0.1, -0.05) is 6.58 Å². The molecular formula is C19H22N4O. The molecule has 0 fully saturated rings. The minimum absolute atomic E-state index is 0.778. The third-order valence-electron chi connectivity index (χ3n) is 4.39. The van der Waals surface area contributed by atoms with Crippen LogP contribution in [0.25, 0.3) is 28.0 Å². The van der Waals surface area contributed by atoms with Crippen molar-refractivity contribution >= 4 is 16.7 Å². The van der Waals surface area contributed by atoms with Crippen molar-refractivity contribution < 1.29 is 4.74 Å². The molecule has 0 aliphatic carbocycles. The SMILES string of the molecule is C=C/C(OC)=C(/C)c1c(-c2cc3nccnc3[nH]2)cn(CC)c1C. The zero-order valence-electron chi connectivity index (χ0n) is 14.6. The number of hydrogen-bond donors (Lipinski definition) is 1. The quantitative estimate of drug-likeness (QED) is 0.562. The molecule has 3 aromatic heterocycles. The average Bonchev–Trinajstić information content (AvgIpc) is 3.16. The summed E-state index contributed by atoms with van der Waals surface area (Å²) in [6.07, 6.45) is 7.30. The molecule has 0 amide bonds. The van der Waals surface area contributed by atoms with Gasteiger partial charge in [-0.2, -0.15) is 0 Å². The minimum atomic E-state index is 0.778. The fourth-order valence-electron chi connectivity index (χ4n) is 3.17. The van der Waals surface area contributed by atoms with Gasteiger partial charge in [0.1, 0.15) is 11.3 Å². The van der Waals surface area contributed by atoms with Crippen molar-refractivity contribution in [3.63, 3.8) is 0 Å². The Kier molecular flexibility index (Phi) is 4.25. The second kappa shape index (κ2) is 6.35. The van der Waals surface area contributed by atoms with Gasteiger partial charge in [0.25, 0.3) is 0 Å². The summed E-state index contributed by atoms with van der Waals surface area (Å²) in [6, 6.07) is 2.04. The molecule has 0 aromatic carbocycles. The van der Waals surface area contributed by atoms with Crippen LogP contribution in [0.5, 0.6) is 0 Å². The molecule has 0 aliphatic rings. The summed E-state index contributed by atoms with van der Waals surface area (Å²) >= 11 is 0. The molecule has 3 heterocycles. The van der Waals surface area contributed by atoms with Crippen LogP contribution in [0, 0.1) is 6.92 Å². The Bertz CT molecular complexity index is 897. The predicted molar refractivity (Wildman–Crippen MR) is 97.5 cm³/mol. The van der Waals surface area contributed by atoms with E-state index in [1.54, 1.807) is 25.6 Å². The van der Waals surface area contributed by atoms with Crippen LogP contribution in [-0.4, -0.2) is 26.6 Å². The van der Waals surface area contributed by atoms with E-state index in [0.717, 1.165) is 45.9 Å². The number of fused-ring (bicyclic) bond motifs is 1. The number of rotatable bonds is 5. The largest absolute Gasteiger partial charge is 0.496 e. The summed E-state index contributed by atoms with van der Waals surface area (Å²) in [5.41, 5.74) is 7.17. The normalized spacial score (nSPS) is 12.3. The van der Waals surface area contributed by atoms with Crippen molar-refractivity contribution in [2.75, 3.05) is 7.11 Å². The molecule has 5 heteroatoms. The fraction of sp³-hybridized carbons (Fsp3) is 0.263. The first-order chi connectivity index (χ1) is 11.6. The Labute approximate surface area is 141 Å². The number of methoxy groups -OCH3 is 1. The zero-order chi connectivity index (χ0) is 17.3. The summed E-state index contributed by atoms with van der Waals surface area (Å²) in [5, 5.41) is 0. The standard InChI is InChI=1S/C19H22N4O/c1-6-17(24-5)12(3)18-13(4)23(7-2)11-14(18)15-10-16-19(22-15)21-9-8-20-16/h6,8-11H,1,7H2,2-5H3,(H,21,22)/b17-12+. The molecule has 0 aliphatic heterocycles. The summed E-state index contributed by atoms with van der Waals surface area (Å²) < 4.78 is 7.71. The molecule has 3 aromatic rings. The number of allylic oxidation sites excluding steroid dienone is 2. The first-order valence-electron chi connectivity index (χ1n) is 7.98. The highest BCUT2D eigenvalue weighted by molar-refractivity contribution is 5.87. The van der Waals surface area contributed by atoms with Crippen LogP contribution < -0.4 is 0 Å². The summed E-state index contributed by atoms with van der Waals surface area (Å²) in [7, 11) is 1.67. The van der Waals surface area contributed by atoms with Crippen molar-refractivity contribution in [3.8, 4) is 11.3 Å². The Hall–Kier alpha value is -2.82. The Balaban J connectivity index is 2.28. The fourth-order valence-corrected chi connectivity index (χ4v) is 3.17. The lowest BCUT2D eigenvalue weighted by Crippen LogP contribution is -1.97. The Morgan fingerprint density at radius 1 is 1.38 bits per heavy atom. The molecule has 5 nitrogen and oxygen atoms in total. The first kappa shape index (κ1) is 16.1. The maximum Gasteiger partial charge on any atom is 0.156 e. The van der Waals surface area contributed by atoms with Crippen LogP contribution in [0.4, 0.5) is 0 Å². The Morgan fingerprint density at radius 2 is 2.12 bits per heavy atom. The van der Waals surface area contributed by atoms with Crippen molar-refractivity contribution in [2.24, 2.45) is 0 Å². The maximum absolute atomic E-state index is 5.48. The van der Waals surface area contributed by atoms with E-state index in [-0.39, 0.29) is 0 Å². The van der Waals surface area contributed by atoms with Crippen molar-refractivity contribution in [3.05, 3.63) is 54.3 Å². The molecule has 124 valence electrons. The number of hydrogen-bond acceptors (Lipinski definition) is 3. The van der Waals surface area contributed by atoms with Gasteiger partial charge in [0, 0.05) is 47.5 Å². The predicted octanol–water partition coefficient (Wildman–Crippen LogP) is 4.32. The van der Waals surface area contributed by atoms with E-state index in [1.165, 1.54) is 5.69 Å². The molecule has 0 saturated heterocycles. The molecule has 24 heavy (non-hydrogen) atoms. The van der Waals surface area contributed by atoms with E-state index in [9.17, 15) is 0 Å². The van der Waals surface area contributed by atoms with E-state index < -0.39 is 0 Å². The molecule has 1 N–H and O–H groups in total. The smallest absolute Gasteiger partial charge is 0.156 e.